The molecule has 0 bridgehead atoms. The summed E-state index contributed by atoms with van der Waals surface area (Å²) in [6.45, 7) is 3.21. The van der Waals surface area contributed by atoms with Crippen LogP contribution in [0.4, 0.5) is 5.13 Å². The predicted molar refractivity (Wildman–Crippen MR) is 93.9 cm³/mol. The van der Waals surface area contributed by atoms with E-state index in [1.165, 1.54) is 5.56 Å². The molecule has 4 nitrogen and oxygen atoms in total. The third-order valence-corrected chi connectivity index (χ3v) is 5.20. The van der Waals surface area contributed by atoms with E-state index in [2.05, 4.69) is 22.2 Å². The van der Waals surface area contributed by atoms with Gasteiger partial charge in [0.1, 0.15) is 0 Å². The Balaban J connectivity index is 1.63. The van der Waals surface area contributed by atoms with E-state index in [0.717, 1.165) is 42.6 Å². The van der Waals surface area contributed by atoms with Gasteiger partial charge in [-0.25, -0.2) is 4.98 Å². The minimum absolute atomic E-state index is 0.141. The van der Waals surface area contributed by atoms with Gasteiger partial charge >= 0.3 is 0 Å². The summed E-state index contributed by atoms with van der Waals surface area (Å²) >= 11 is 3.42. The number of hydrogen-bond acceptors (Lipinski definition) is 5. The molecular formula is C16H19N3OS2. The Morgan fingerprint density at radius 1 is 1.32 bits per heavy atom. The number of carbonyl (C=O) groups excluding carboxylic acids is 1. The van der Waals surface area contributed by atoms with Crippen molar-refractivity contribution >= 4 is 34.1 Å². The maximum atomic E-state index is 12.6. The van der Waals surface area contributed by atoms with Gasteiger partial charge in [-0.2, -0.15) is 11.8 Å². The Morgan fingerprint density at radius 2 is 2.14 bits per heavy atom. The molecule has 0 atom stereocenters. The average molecular weight is 333 g/mol. The second-order valence-electron chi connectivity index (χ2n) is 5.23. The van der Waals surface area contributed by atoms with Crippen LogP contribution in [0.5, 0.6) is 0 Å². The highest BCUT2D eigenvalue weighted by Gasteiger charge is 2.23. The van der Waals surface area contributed by atoms with Crippen LogP contribution < -0.4 is 4.90 Å². The number of anilines is 1. The summed E-state index contributed by atoms with van der Waals surface area (Å²) in [5.74, 6) is 1.08. The Kier molecular flexibility index (Phi) is 5.00. The van der Waals surface area contributed by atoms with Crippen molar-refractivity contribution in [1.82, 2.24) is 9.88 Å². The molecule has 3 rings (SSSR count). The largest absolute Gasteiger partial charge is 0.345 e. The second-order valence-corrected chi connectivity index (χ2v) is 6.97. The van der Waals surface area contributed by atoms with Crippen molar-refractivity contribution in [2.24, 2.45) is 0 Å². The van der Waals surface area contributed by atoms with Crippen LogP contribution in [0.1, 0.15) is 15.9 Å². The first-order chi connectivity index (χ1) is 10.8. The zero-order chi connectivity index (χ0) is 15.4. The molecule has 0 spiro atoms. The van der Waals surface area contributed by atoms with Crippen LogP contribution in [-0.2, 0) is 5.75 Å². The maximum absolute atomic E-state index is 12.6. The summed E-state index contributed by atoms with van der Waals surface area (Å²) in [7, 11) is 0. The van der Waals surface area contributed by atoms with E-state index in [1.54, 1.807) is 23.1 Å². The molecule has 6 heteroatoms. The van der Waals surface area contributed by atoms with E-state index < -0.39 is 0 Å². The number of rotatable bonds is 4. The number of aromatic nitrogens is 1. The normalized spacial score (nSPS) is 15.1. The number of piperazine rings is 1. The molecule has 2 heterocycles. The molecule has 2 aromatic rings. The lowest BCUT2D eigenvalue weighted by molar-refractivity contribution is 0.0746. The lowest BCUT2D eigenvalue weighted by Crippen LogP contribution is -2.48. The first-order valence-electron chi connectivity index (χ1n) is 7.29. The van der Waals surface area contributed by atoms with Gasteiger partial charge in [-0.3, -0.25) is 4.79 Å². The zero-order valence-corrected chi connectivity index (χ0v) is 14.2. The minimum Gasteiger partial charge on any atom is -0.345 e. The van der Waals surface area contributed by atoms with Crippen LogP contribution in [0, 0.1) is 0 Å². The Hall–Kier alpha value is -1.53. The maximum Gasteiger partial charge on any atom is 0.253 e. The van der Waals surface area contributed by atoms with Crippen molar-refractivity contribution in [2.45, 2.75) is 5.75 Å². The third kappa shape index (κ3) is 3.44. The molecule has 116 valence electrons. The number of hydrogen-bond donors (Lipinski definition) is 0. The number of thiazole rings is 1. The fourth-order valence-corrected chi connectivity index (χ4v) is 3.83. The standard InChI is InChI=1S/C16H19N3OS2/c1-21-12-13-3-2-4-14(11-13)15(20)18-6-8-19(9-7-18)16-17-5-10-22-16/h2-5,10-11H,6-9,12H2,1H3. The first-order valence-corrected chi connectivity index (χ1v) is 9.57. The highest BCUT2D eigenvalue weighted by molar-refractivity contribution is 7.97. The summed E-state index contributed by atoms with van der Waals surface area (Å²) in [5, 5.41) is 3.04. The van der Waals surface area contributed by atoms with Gasteiger partial charge < -0.3 is 9.80 Å². The van der Waals surface area contributed by atoms with Gasteiger partial charge in [0.2, 0.25) is 0 Å². The SMILES string of the molecule is CSCc1cccc(C(=O)N2CCN(c3nccs3)CC2)c1. The fraction of sp³-hybridized carbons (Fsp3) is 0.375. The molecule has 0 aliphatic carbocycles. The highest BCUT2D eigenvalue weighted by Crippen LogP contribution is 2.20. The molecule has 1 fully saturated rings. The number of benzene rings is 1. The van der Waals surface area contributed by atoms with Crippen molar-refractivity contribution < 1.29 is 4.79 Å². The molecule has 1 aromatic heterocycles. The summed E-state index contributed by atoms with van der Waals surface area (Å²) in [6.07, 6.45) is 3.90. The van der Waals surface area contributed by atoms with Crippen molar-refractivity contribution in [3.63, 3.8) is 0 Å². The van der Waals surface area contributed by atoms with Crippen molar-refractivity contribution in [1.29, 1.82) is 0 Å². The van der Waals surface area contributed by atoms with Crippen LogP contribution in [0.3, 0.4) is 0 Å². The smallest absolute Gasteiger partial charge is 0.253 e. The first kappa shape index (κ1) is 15.4. The highest BCUT2D eigenvalue weighted by atomic mass is 32.2. The van der Waals surface area contributed by atoms with E-state index in [4.69, 9.17) is 0 Å². The zero-order valence-electron chi connectivity index (χ0n) is 12.6. The lowest BCUT2D eigenvalue weighted by Gasteiger charge is -2.34. The van der Waals surface area contributed by atoms with Gasteiger partial charge in [-0.15, -0.1) is 11.3 Å². The van der Waals surface area contributed by atoms with E-state index >= 15 is 0 Å². The molecule has 1 saturated heterocycles. The molecule has 0 saturated carbocycles. The van der Waals surface area contributed by atoms with E-state index in [0.29, 0.717) is 0 Å². The van der Waals surface area contributed by atoms with Gasteiger partial charge in [0.05, 0.1) is 0 Å². The van der Waals surface area contributed by atoms with Crippen molar-refractivity contribution in [2.75, 3.05) is 37.3 Å². The van der Waals surface area contributed by atoms with Gasteiger partial charge in [-0.1, -0.05) is 12.1 Å². The predicted octanol–water partition coefficient (Wildman–Crippen LogP) is 2.97. The number of thioether (sulfide) groups is 1. The molecule has 0 unspecified atom stereocenters. The molecule has 1 aliphatic heterocycles. The van der Waals surface area contributed by atoms with Crippen LogP contribution in [-0.4, -0.2) is 48.2 Å². The lowest BCUT2D eigenvalue weighted by atomic mass is 10.1. The van der Waals surface area contributed by atoms with E-state index in [-0.39, 0.29) is 5.91 Å². The fourth-order valence-electron chi connectivity index (χ4n) is 2.62. The van der Waals surface area contributed by atoms with Gasteiger partial charge in [0.25, 0.3) is 5.91 Å². The Labute approximate surface area is 139 Å². The van der Waals surface area contributed by atoms with E-state index in [1.807, 2.05) is 34.7 Å². The van der Waals surface area contributed by atoms with Gasteiger partial charge in [0.15, 0.2) is 5.13 Å². The minimum atomic E-state index is 0.141. The van der Waals surface area contributed by atoms with Gasteiger partial charge in [0, 0.05) is 49.1 Å². The number of amides is 1. The van der Waals surface area contributed by atoms with Crippen LogP contribution in [0.2, 0.25) is 0 Å². The molecule has 1 aliphatic rings. The summed E-state index contributed by atoms with van der Waals surface area (Å²) in [5.41, 5.74) is 2.01. The number of nitrogens with zero attached hydrogens (tertiary/aromatic N) is 3. The monoisotopic (exact) mass is 333 g/mol. The summed E-state index contributed by atoms with van der Waals surface area (Å²) < 4.78 is 0. The summed E-state index contributed by atoms with van der Waals surface area (Å²) in [6, 6.07) is 7.99. The molecule has 1 aromatic carbocycles. The number of carbonyl (C=O) groups is 1. The second kappa shape index (κ2) is 7.15. The van der Waals surface area contributed by atoms with Crippen LogP contribution in [0.15, 0.2) is 35.8 Å². The van der Waals surface area contributed by atoms with Crippen LogP contribution in [0.25, 0.3) is 0 Å². The molecule has 1 amide bonds. The Morgan fingerprint density at radius 3 is 2.82 bits per heavy atom. The molecule has 22 heavy (non-hydrogen) atoms. The Bertz CT molecular complexity index is 622. The summed E-state index contributed by atoms with van der Waals surface area (Å²) in [4.78, 5) is 21.2. The van der Waals surface area contributed by atoms with Gasteiger partial charge in [-0.05, 0) is 24.0 Å². The van der Waals surface area contributed by atoms with Crippen molar-refractivity contribution in [3.8, 4) is 0 Å². The molecule has 0 radical (unpaired) electrons. The third-order valence-electron chi connectivity index (χ3n) is 3.74. The van der Waals surface area contributed by atoms with Crippen LogP contribution >= 0.6 is 23.1 Å². The molecule has 0 N–H and O–H groups in total. The van der Waals surface area contributed by atoms with E-state index in [9.17, 15) is 4.79 Å². The quantitative estimate of drug-likeness (QED) is 0.862. The molecular weight excluding hydrogens is 314 g/mol. The topological polar surface area (TPSA) is 36.4 Å². The van der Waals surface area contributed by atoms with Crippen molar-refractivity contribution in [3.05, 3.63) is 47.0 Å². The average Bonchev–Trinajstić information content (AvgIpc) is 3.09.